The Kier molecular flexibility index (Phi) is 4.05. The zero-order chi connectivity index (χ0) is 19.1. The van der Waals surface area contributed by atoms with Crippen molar-refractivity contribution in [1.82, 2.24) is 15.0 Å². The number of carbonyl (C=O) groups is 1. The van der Waals surface area contributed by atoms with Crippen LogP contribution < -0.4 is 0 Å². The van der Waals surface area contributed by atoms with Crippen molar-refractivity contribution >= 4 is 38.6 Å². The van der Waals surface area contributed by atoms with Crippen LogP contribution in [0.15, 0.2) is 79.7 Å². The van der Waals surface area contributed by atoms with Gasteiger partial charge in [-0.05, 0) is 57.9 Å². The van der Waals surface area contributed by atoms with Gasteiger partial charge in [-0.25, -0.2) is 5.01 Å². The predicted octanol–water partition coefficient (Wildman–Crippen LogP) is 4.57. The van der Waals surface area contributed by atoms with Crippen LogP contribution >= 0.6 is 15.9 Å². The van der Waals surface area contributed by atoms with E-state index < -0.39 is 0 Å². The molecule has 7 nitrogen and oxygen atoms in total. The Labute approximate surface area is 167 Å². The highest BCUT2D eigenvalue weighted by molar-refractivity contribution is 9.10. The lowest BCUT2D eigenvalue weighted by Gasteiger charge is -2.21. The molecule has 28 heavy (non-hydrogen) atoms. The van der Waals surface area contributed by atoms with Gasteiger partial charge < -0.3 is 8.83 Å². The number of benzene rings is 1. The lowest BCUT2D eigenvalue weighted by molar-refractivity contribution is 0.0677. The maximum absolute atomic E-state index is 13.1. The SMILES string of the molecule is O=C(c1ccc(Br)o1)N1N=C(c2ccco2)C[C@H]1c1ccc2nccnc2c1. The van der Waals surface area contributed by atoms with Crippen molar-refractivity contribution in [2.45, 2.75) is 12.5 Å². The van der Waals surface area contributed by atoms with E-state index in [1.54, 1.807) is 36.9 Å². The second-order valence-electron chi connectivity index (χ2n) is 6.30. The van der Waals surface area contributed by atoms with Crippen LogP contribution in [0.5, 0.6) is 0 Å². The van der Waals surface area contributed by atoms with Crippen molar-refractivity contribution < 1.29 is 13.6 Å². The van der Waals surface area contributed by atoms with E-state index in [0.29, 0.717) is 22.6 Å². The monoisotopic (exact) mass is 436 g/mol. The summed E-state index contributed by atoms with van der Waals surface area (Å²) >= 11 is 3.24. The predicted molar refractivity (Wildman–Crippen MR) is 105 cm³/mol. The van der Waals surface area contributed by atoms with E-state index in [0.717, 1.165) is 16.6 Å². The third-order valence-electron chi connectivity index (χ3n) is 4.59. The van der Waals surface area contributed by atoms with Gasteiger partial charge in [-0.15, -0.1) is 0 Å². The van der Waals surface area contributed by atoms with Gasteiger partial charge in [0.25, 0.3) is 0 Å². The van der Waals surface area contributed by atoms with Crippen LogP contribution in [0.2, 0.25) is 0 Å². The summed E-state index contributed by atoms with van der Waals surface area (Å²) in [5, 5.41) is 5.99. The van der Waals surface area contributed by atoms with Gasteiger partial charge in [0.2, 0.25) is 0 Å². The summed E-state index contributed by atoms with van der Waals surface area (Å²) < 4.78 is 11.4. The molecule has 0 saturated carbocycles. The van der Waals surface area contributed by atoms with Crippen molar-refractivity contribution in [3.63, 3.8) is 0 Å². The van der Waals surface area contributed by atoms with Gasteiger partial charge in [0.15, 0.2) is 10.4 Å². The Morgan fingerprint density at radius 2 is 1.96 bits per heavy atom. The fraction of sp³-hybridized carbons (Fsp3) is 0.100. The quantitative estimate of drug-likeness (QED) is 0.469. The van der Waals surface area contributed by atoms with Crippen molar-refractivity contribution in [3.05, 3.63) is 82.9 Å². The van der Waals surface area contributed by atoms with Crippen LogP contribution in [-0.2, 0) is 0 Å². The molecule has 1 aromatic carbocycles. The second kappa shape index (κ2) is 6.72. The summed E-state index contributed by atoms with van der Waals surface area (Å²) in [7, 11) is 0. The molecular weight excluding hydrogens is 424 g/mol. The number of furan rings is 2. The molecule has 5 rings (SSSR count). The molecule has 0 saturated heterocycles. The fourth-order valence-corrected chi connectivity index (χ4v) is 3.59. The number of fused-ring (bicyclic) bond motifs is 1. The Morgan fingerprint density at radius 1 is 1.11 bits per heavy atom. The summed E-state index contributed by atoms with van der Waals surface area (Å²) in [6.45, 7) is 0. The molecule has 3 aromatic heterocycles. The van der Waals surface area contributed by atoms with Gasteiger partial charge in [-0.3, -0.25) is 14.8 Å². The van der Waals surface area contributed by atoms with Gasteiger partial charge in [0.05, 0.1) is 23.3 Å². The minimum atomic E-state index is -0.323. The normalized spacial score (nSPS) is 16.5. The topological polar surface area (TPSA) is 84.7 Å². The van der Waals surface area contributed by atoms with Crippen LogP contribution in [0, 0.1) is 0 Å². The van der Waals surface area contributed by atoms with Crippen molar-refractivity contribution in [2.24, 2.45) is 5.10 Å². The molecule has 0 unspecified atom stereocenters. The minimum Gasteiger partial charge on any atom is -0.463 e. The van der Waals surface area contributed by atoms with Gasteiger partial charge >= 0.3 is 5.91 Å². The summed E-state index contributed by atoms with van der Waals surface area (Å²) in [6.07, 6.45) is 5.41. The molecule has 138 valence electrons. The van der Waals surface area contributed by atoms with Crippen LogP contribution in [0.4, 0.5) is 0 Å². The standard InChI is InChI=1S/C20H13BrN4O3/c21-19-6-5-18(28-19)20(26)25-16(11-15(24-25)17-2-1-9-27-17)12-3-4-13-14(10-12)23-8-7-22-13/h1-10,16H,11H2/t16-/m0/s1. The number of hydrogen-bond acceptors (Lipinski definition) is 6. The fourth-order valence-electron chi connectivity index (χ4n) is 3.28. The first-order chi connectivity index (χ1) is 13.7. The van der Waals surface area contributed by atoms with Gasteiger partial charge in [0.1, 0.15) is 11.5 Å². The minimum absolute atomic E-state index is 0.210. The number of amides is 1. The Balaban J connectivity index is 1.57. The largest absolute Gasteiger partial charge is 0.463 e. The number of hydrogen-bond donors (Lipinski definition) is 0. The molecule has 4 aromatic rings. The van der Waals surface area contributed by atoms with E-state index in [4.69, 9.17) is 8.83 Å². The molecule has 1 atom stereocenters. The molecule has 8 heteroatoms. The van der Waals surface area contributed by atoms with Crippen LogP contribution in [0.3, 0.4) is 0 Å². The first-order valence-electron chi connectivity index (χ1n) is 8.60. The zero-order valence-corrected chi connectivity index (χ0v) is 16.0. The van der Waals surface area contributed by atoms with E-state index >= 15 is 0 Å². The molecule has 1 aliphatic heterocycles. The summed E-state index contributed by atoms with van der Waals surface area (Å²) in [4.78, 5) is 21.7. The maximum Gasteiger partial charge on any atom is 0.310 e. The van der Waals surface area contributed by atoms with Gasteiger partial charge in [-0.2, -0.15) is 5.10 Å². The molecule has 1 aliphatic rings. The third-order valence-corrected chi connectivity index (χ3v) is 5.01. The summed E-state index contributed by atoms with van der Waals surface area (Å²) in [6, 6.07) is 12.4. The number of nitrogens with zero attached hydrogens (tertiary/aromatic N) is 4. The molecular formula is C20H13BrN4O3. The number of aromatic nitrogens is 2. The average Bonchev–Trinajstić information content (AvgIpc) is 3.47. The highest BCUT2D eigenvalue weighted by Crippen LogP contribution is 2.35. The van der Waals surface area contributed by atoms with Crippen molar-refractivity contribution in [2.75, 3.05) is 0 Å². The molecule has 4 heterocycles. The van der Waals surface area contributed by atoms with E-state index in [2.05, 4.69) is 31.0 Å². The number of halogens is 1. The lowest BCUT2D eigenvalue weighted by Crippen LogP contribution is -2.26. The zero-order valence-electron chi connectivity index (χ0n) is 14.4. The molecule has 0 fully saturated rings. The lowest BCUT2D eigenvalue weighted by atomic mass is 10.00. The number of rotatable bonds is 3. The molecule has 0 radical (unpaired) electrons. The Morgan fingerprint density at radius 3 is 2.71 bits per heavy atom. The van der Waals surface area contributed by atoms with Crippen molar-refractivity contribution in [3.8, 4) is 0 Å². The molecule has 0 aliphatic carbocycles. The van der Waals surface area contributed by atoms with Gasteiger partial charge in [0, 0.05) is 18.8 Å². The van der Waals surface area contributed by atoms with Gasteiger partial charge in [-0.1, -0.05) is 6.07 Å². The van der Waals surface area contributed by atoms with Crippen molar-refractivity contribution in [1.29, 1.82) is 0 Å². The van der Waals surface area contributed by atoms with E-state index in [-0.39, 0.29) is 17.7 Å². The second-order valence-corrected chi connectivity index (χ2v) is 7.08. The van der Waals surface area contributed by atoms with Crippen LogP contribution in [0.25, 0.3) is 11.0 Å². The van der Waals surface area contributed by atoms with Crippen LogP contribution in [-0.4, -0.2) is 26.6 Å². The third kappa shape index (κ3) is 2.91. The molecule has 1 amide bonds. The van der Waals surface area contributed by atoms with E-state index in [1.807, 2.05) is 24.3 Å². The maximum atomic E-state index is 13.1. The molecule has 0 bridgehead atoms. The first-order valence-corrected chi connectivity index (χ1v) is 9.39. The number of hydrazone groups is 1. The molecule has 0 spiro atoms. The Bertz CT molecular complexity index is 1200. The molecule has 0 N–H and O–H groups in total. The van der Waals surface area contributed by atoms with E-state index in [1.165, 1.54) is 5.01 Å². The highest BCUT2D eigenvalue weighted by atomic mass is 79.9. The Hall–Kier alpha value is -3.26. The first kappa shape index (κ1) is 16.9. The highest BCUT2D eigenvalue weighted by Gasteiger charge is 2.36. The van der Waals surface area contributed by atoms with Crippen LogP contribution in [0.1, 0.15) is 34.3 Å². The number of carbonyl (C=O) groups excluding carboxylic acids is 1. The summed E-state index contributed by atoms with van der Waals surface area (Å²) in [5.74, 6) is 0.528. The van der Waals surface area contributed by atoms with E-state index in [9.17, 15) is 4.79 Å². The summed E-state index contributed by atoms with van der Waals surface area (Å²) in [5.41, 5.74) is 3.18. The average molecular weight is 437 g/mol. The smallest absolute Gasteiger partial charge is 0.310 e.